The van der Waals surface area contributed by atoms with Gasteiger partial charge in [0, 0.05) is 18.2 Å². The van der Waals surface area contributed by atoms with Crippen LogP contribution in [0.1, 0.15) is 26.7 Å². The van der Waals surface area contributed by atoms with E-state index in [9.17, 15) is 4.79 Å². The van der Waals surface area contributed by atoms with E-state index in [1.807, 2.05) is 6.92 Å². The minimum atomic E-state index is -0.160. The molecule has 5 heteroatoms. The van der Waals surface area contributed by atoms with Crippen molar-refractivity contribution < 1.29 is 9.53 Å². The molecule has 4 nitrogen and oxygen atoms in total. The molecule has 0 spiro atoms. The minimum absolute atomic E-state index is 0.122. The average molecular weight is 271 g/mol. The number of halogens is 1. The molecule has 0 aromatic heterocycles. The first kappa shape index (κ1) is 14.8. The molecule has 0 saturated carbocycles. The molecule has 3 N–H and O–H groups in total. The van der Waals surface area contributed by atoms with Crippen LogP contribution in [-0.4, -0.2) is 18.6 Å². The van der Waals surface area contributed by atoms with Gasteiger partial charge < -0.3 is 15.8 Å². The topological polar surface area (TPSA) is 64.3 Å². The maximum Gasteiger partial charge on any atom is 0.225 e. The van der Waals surface area contributed by atoms with E-state index in [4.69, 9.17) is 22.1 Å². The fourth-order valence-corrected chi connectivity index (χ4v) is 1.65. The minimum Gasteiger partial charge on any atom is -0.492 e. The number of nitrogens with two attached hydrogens (primary N) is 1. The van der Waals surface area contributed by atoms with Crippen LogP contribution in [0.25, 0.3) is 0 Å². The van der Waals surface area contributed by atoms with Crippen molar-refractivity contribution in [1.29, 1.82) is 0 Å². The molecule has 0 aliphatic rings. The Balaban J connectivity index is 2.63. The van der Waals surface area contributed by atoms with Gasteiger partial charge in [0.05, 0.1) is 11.6 Å². The van der Waals surface area contributed by atoms with Gasteiger partial charge in [-0.3, -0.25) is 4.79 Å². The summed E-state index contributed by atoms with van der Waals surface area (Å²) < 4.78 is 5.45. The van der Waals surface area contributed by atoms with Crippen LogP contribution in [0.5, 0.6) is 5.75 Å². The molecule has 0 radical (unpaired) electrons. The van der Waals surface area contributed by atoms with Crippen LogP contribution in [0.2, 0.25) is 5.02 Å². The van der Waals surface area contributed by atoms with E-state index in [1.54, 1.807) is 25.1 Å². The third-order valence-corrected chi connectivity index (χ3v) is 2.48. The summed E-state index contributed by atoms with van der Waals surface area (Å²) in [6.45, 7) is 4.43. The van der Waals surface area contributed by atoms with Gasteiger partial charge in [-0.2, -0.15) is 0 Å². The van der Waals surface area contributed by atoms with Crippen LogP contribution in [0.4, 0.5) is 5.69 Å². The summed E-state index contributed by atoms with van der Waals surface area (Å²) in [6, 6.07) is 5.02. The number of hydrogen-bond donors (Lipinski definition) is 2. The Kier molecular flexibility index (Phi) is 5.95. The van der Waals surface area contributed by atoms with Crippen molar-refractivity contribution in [2.75, 3.05) is 11.9 Å². The Hall–Kier alpha value is -1.26. The zero-order chi connectivity index (χ0) is 13.5. The predicted molar refractivity (Wildman–Crippen MR) is 74.1 cm³/mol. The first-order valence-corrected chi connectivity index (χ1v) is 6.38. The van der Waals surface area contributed by atoms with E-state index in [2.05, 4.69) is 5.32 Å². The Labute approximate surface area is 112 Å². The number of ether oxygens (including phenoxy) is 1. The number of rotatable bonds is 6. The zero-order valence-corrected chi connectivity index (χ0v) is 11.5. The molecule has 0 bridgehead atoms. The molecule has 18 heavy (non-hydrogen) atoms. The second kappa shape index (κ2) is 7.24. The first-order chi connectivity index (χ1) is 8.52. The number of carbonyl (C=O) groups is 1. The van der Waals surface area contributed by atoms with Gasteiger partial charge in [-0.05, 0) is 31.5 Å². The molecule has 1 aromatic carbocycles. The molecular formula is C13H19ClN2O2. The van der Waals surface area contributed by atoms with Crippen molar-refractivity contribution in [2.24, 2.45) is 5.73 Å². The van der Waals surface area contributed by atoms with Crippen molar-refractivity contribution in [2.45, 2.75) is 32.7 Å². The molecule has 100 valence electrons. The van der Waals surface area contributed by atoms with Crippen LogP contribution in [0.3, 0.4) is 0 Å². The lowest BCUT2D eigenvalue weighted by molar-refractivity contribution is -0.116. The number of hydrogen-bond acceptors (Lipinski definition) is 3. The summed E-state index contributed by atoms with van der Waals surface area (Å²) in [6.07, 6.45) is 1.20. The standard InChI is InChI=1S/C13H19ClN2O2/c1-3-6-18-12-5-4-10(8-11(12)14)16-13(17)7-9(2)15/h4-5,8-9H,3,6-7,15H2,1-2H3,(H,16,17). The number of amides is 1. The van der Waals surface area contributed by atoms with Crippen molar-refractivity contribution in [3.63, 3.8) is 0 Å². The highest BCUT2D eigenvalue weighted by molar-refractivity contribution is 6.32. The predicted octanol–water partition coefficient (Wildman–Crippen LogP) is 2.80. The molecular weight excluding hydrogens is 252 g/mol. The van der Waals surface area contributed by atoms with Gasteiger partial charge in [0.1, 0.15) is 5.75 Å². The summed E-state index contributed by atoms with van der Waals surface area (Å²) in [5.41, 5.74) is 6.20. The Bertz CT molecular complexity index is 408. The van der Waals surface area contributed by atoms with Crippen LogP contribution < -0.4 is 15.8 Å². The second-order valence-electron chi connectivity index (χ2n) is 4.22. The highest BCUT2D eigenvalue weighted by Gasteiger charge is 2.07. The smallest absolute Gasteiger partial charge is 0.225 e. The summed E-state index contributed by atoms with van der Waals surface area (Å²) >= 11 is 6.05. The van der Waals surface area contributed by atoms with Gasteiger partial charge in [0.2, 0.25) is 5.91 Å². The van der Waals surface area contributed by atoms with Crippen LogP contribution in [0, 0.1) is 0 Å². The number of carbonyl (C=O) groups excluding carboxylic acids is 1. The highest BCUT2D eigenvalue weighted by atomic mass is 35.5. The van der Waals surface area contributed by atoms with Gasteiger partial charge >= 0.3 is 0 Å². The van der Waals surface area contributed by atoms with E-state index in [1.165, 1.54) is 0 Å². The molecule has 1 rings (SSSR count). The maximum atomic E-state index is 11.5. The molecule has 1 aromatic rings. The fraction of sp³-hybridized carbons (Fsp3) is 0.462. The quantitative estimate of drug-likeness (QED) is 0.835. The van der Waals surface area contributed by atoms with E-state index in [-0.39, 0.29) is 18.4 Å². The summed E-state index contributed by atoms with van der Waals surface area (Å²) in [5.74, 6) is 0.506. The van der Waals surface area contributed by atoms with Crippen LogP contribution in [0.15, 0.2) is 18.2 Å². The van der Waals surface area contributed by atoms with Gasteiger partial charge in [-0.25, -0.2) is 0 Å². The maximum absolute atomic E-state index is 11.5. The van der Waals surface area contributed by atoms with Crippen molar-refractivity contribution in [3.05, 3.63) is 23.2 Å². The molecule has 0 heterocycles. The number of benzene rings is 1. The summed E-state index contributed by atoms with van der Waals surface area (Å²) in [5, 5.41) is 3.23. The highest BCUT2D eigenvalue weighted by Crippen LogP contribution is 2.27. The van der Waals surface area contributed by atoms with Crippen molar-refractivity contribution >= 4 is 23.2 Å². The number of nitrogens with one attached hydrogen (secondary N) is 1. The molecule has 1 unspecified atom stereocenters. The average Bonchev–Trinajstić information content (AvgIpc) is 2.26. The van der Waals surface area contributed by atoms with Gasteiger partial charge in [0.25, 0.3) is 0 Å². The first-order valence-electron chi connectivity index (χ1n) is 6.00. The Morgan fingerprint density at radius 2 is 2.28 bits per heavy atom. The summed E-state index contributed by atoms with van der Waals surface area (Å²) in [7, 11) is 0. The van der Waals surface area contributed by atoms with Crippen molar-refractivity contribution in [1.82, 2.24) is 0 Å². The Morgan fingerprint density at radius 1 is 1.56 bits per heavy atom. The van der Waals surface area contributed by atoms with E-state index in [0.717, 1.165) is 6.42 Å². The largest absolute Gasteiger partial charge is 0.492 e. The monoisotopic (exact) mass is 270 g/mol. The normalized spacial score (nSPS) is 12.0. The fourth-order valence-electron chi connectivity index (χ4n) is 1.41. The third kappa shape index (κ3) is 4.94. The van der Waals surface area contributed by atoms with Crippen LogP contribution in [-0.2, 0) is 4.79 Å². The summed E-state index contributed by atoms with van der Waals surface area (Å²) in [4.78, 5) is 11.5. The molecule has 0 fully saturated rings. The molecule has 1 amide bonds. The molecule has 0 aliphatic heterocycles. The lowest BCUT2D eigenvalue weighted by atomic mass is 10.2. The lowest BCUT2D eigenvalue weighted by Gasteiger charge is -2.10. The second-order valence-corrected chi connectivity index (χ2v) is 4.63. The van der Waals surface area contributed by atoms with E-state index < -0.39 is 0 Å². The van der Waals surface area contributed by atoms with Gasteiger partial charge in [0.15, 0.2) is 0 Å². The van der Waals surface area contributed by atoms with Gasteiger partial charge in [-0.15, -0.1) is 0 Å². The third-order valence-electron chi connectivity index (χ3n) is 2.18. The van der Waals surface area contributed by atoms with E-state index in [0.29, 0.717) is 23.1 Å². The SMILES string of the molecule is CCCOc1ccc(NC(=O)CC(C)N)cc1Cl. The van der Waals surface area contributed by atoms with E-state index >= 15 is 0 Å². The molecule has 1 atom stereocenters. The zero-order valence-electron chi connectivity index (χ0n) is 10.7. The number of anilines is 1. The van der Waals surface area contributed by atoms with Crippen molar-refractivity contribution in [3.8, 4) is 5.75 Å². The van der Waals surface area contributed by atoms with Crippen LogP contribution >= 0.6 is 11.6 Å². The molecule has 0 aliphatic carbocycles. The Morgan fingerprint density at radius 3 is 2.83 bits per heavy atom. The lowest BCUT2D eigenvalue weighted by Crippen LogP contribution is -2.23. The molecule has 0 saturated heterocycles. The van der Waals surface area contributed by atoms with Gasteiger partial charge in [-0.1, -0.05) is 18.5 Å².